The van der Waals surface area contributed by atoms with Gasteiger partial charge in [0.25, 0.3) is 0 Å². The molecule has 0 saturated carbocycles. The Hall–Kier alpha value is -1.55. The van der Waals surface area contributed by atoms with Gasteiger partial charge in [-0.1, -0.05) is 19.1 Å². The molecule has 0 radical (unpaired) electrons. The molecule has 0 aliphatic heterocycles. The minimum Gasteiger partial charge on any atom is -0.497 e. The molecule has 0 unspecified atom stereocenters. The molecule has 4 heteroatoms. The molecule has 0 aliphatic rings. The predicted octanol–water partition coefficient (Wildman–Crippen LogP) is 1.35. The van der Waals surface area contributed by atoms with Crippen LogP contribution in [0.25, 0.3) is 0 Å². The molecule has 0 saturated heterocycles. The van der Waals surface area contributed by atoms with Gasteiger partial charge >= 0.3 is 0 Å². The molecule has 0 bridgehead atoms. The van der Waals surface area contributed by atoms with Crippen molar-refractivity contribution in [3.05, 3.63) is 29.8 Å². The zero-order valence-corrected chi connectivity index (χ0v) is 11.2. The van der Waals surface area contributed by atoms with Crippen molar-refractivity contribution in [2.45, 2.75) is 19.8 Å². The van der Waals surface area contributed by atoms with E-state index in [4.69, 9.17) is 4.74 Å². The molecular weight excluding hydrogens is 228 g/mol. The van der Waals surface area contributed by atoms with Gasteiger partial charge in [0.15, 0.2) is 0 Å². The van der Waals surface area contributed by atoms with E-state index in [2.05, 4.69) is 10.6 Å². The number of benzene rings is 1. The molecule has 1 rings (SSSR count). The van der Waals surface area contributed by atoms with E-state index < -0.39 is 0 Å². The lowest BCUT2D eigenvalue weighted by molar-refractivity contribution is -0.120. The van der Waals surface area contributed by atoms with Gasteiger partial charge in [0.2, 0.25) is 5.91 Å². The van der Waals surface area contributed by atoms with Crippen LogP contribution in [0.4, 0.5) is 0 Å². The smallest absolute Gasteiger partial charge is 0.221 e. The fourth-order valence-electron chi connectivity index (χ4n) is 1.61. The molecule has 1 amide bonds. The standard InChI is InChI=1S/C14H22N2O2/c1-3-15-10-9-14(17)16-11-8-12-4-6-13(18-2)7-5-12/h4-7,15H,3,8-11H2,1-2H3,(H,16,17). The number of nitrogens with one attached hydrogen (secondary N) is 2. The highest BCUT2D eigenvalue weighted by Crippen LogP contribution is 2.11. The minimum atomic E-state index is 0.101. The number of ether oxygens (including phenoxy) is 1. The monoisotopic (exact) mass is 250 g/mol. The number of hydrogen-bond donors (Lipinski definition) is 2. The molecule has 2 N–H and O–H groups in total. The van der Waals surface area contributed by atoms with E-state index in [9.17, 15) is 4.79 Å². The lowest BCUT2D eigenvalue weighted by Gasteiger charge is -2.06. The summed E-state index contributed by atoms with van der Waals surface area (Å²) in [5.74, 6) is 0.956. The average molecular weight is 250 g/mol. The van der Waals surface area contributed by atoms with Crippen LogP contribution in [0.3, 0.4) is 0 Å². The zero-order valence-electron chi connectivity index (χ0n) is 11.2. The van der Waals surface area contributed by atoms with E-state index in [1.165, 1.54) is 5.56 Å². The fraction of sp³-hybridized carbons (Fsp3) is 0.500. The Morgan fingerprint density at radius 1 is 1.22 bits per heavy atom. The molecule has 1 aromatic rings. The van der Waals surface area contributed by atoms with Crippen LogP contribution in [0.1, 0.15) is 18.9 Å². The molecule has 0 fully saturated rings. The van der Waals surface area contributed by atoms with Crippen LogP contribution in [0.5, 0.6) is 5.75 Å². The van der Waals surface area contributed by atoms with Crippen molar-refractivity contribution in [2.75, 3.05) is 26.7 Å². The van der Waals surface area contributed by atoms with E-state index in [1.807, 2.05) is 31.2 Å². The zero-order chi connectivity index (χ0) is 13.2. The van der Waals surface area contributed by atoms with E-state index in [0.29, 0.717) is 13.0 Å². The summed E-state index contributed by atoms with van der Waals surface area (Å²) in [5.41, 5.74) is 1.20. The second-order valence-corrected chi connectivity index (χ2v) is 4.05. The SMILES string of the molecule is CCNCCC(=O)NCCc1ccc(OC)cc1. The first-order chi connectivity index (χ1) is 8.76. The normalized spacial score (nSPS) is 10.1. The van der Waals surface area contributed by atoms with Crippen LogP contribution >= 0.6 is 0 Å². The first kappa shape index (κ1) is 14.5. The Kier molecular flexibility index (Phi) is 6.87. The molecule has 1 aromatic carbocycles. The number of methoxy groups -OCH3 is 1. The Morgan fingerprint density at radius 3 is 2.56 bits per heavy atom. The van der Waals surface area contributed by atoms with E-state index >= 15 is 0 Å². The lowest BCUT2D eigenvalue weighted by Crippen LogP contribution is -2.29. The summed E-state index contributed by atoms with van der Waals surface area (Å²) in [7, 11) is 1.65. The molecule has 0 atom stereocenters. The van der Waals surface area contributed by atoms with Crippen molar-refractivity contribution in [1.82, 2.24) is 10.6 Å². The van der Waals surface area contributed by atoms with Crippen LogP contribution in [0.15, 0.2) is 24.3 Å². The molecule has 0 spiro atoms. The first-order valence-electron chi connectivity index (χ1n) is 6.36. The quantitative estimate of drug-likeness (QED) is 0.685. The highest BCUT2D eigenvalue weighted by atomic mass is 16.5. The summed E-state index contributed by atoms with van der Waals surface area (Å²) >= 11 is 0. The predicted molar refractivity (Wildman–Crippen MR) is 72.9 cm³/mol. The van der Waals surface area contributed by atoms with E-state index in [1.54, 1.807) is 7.11 Å². The fourth-order valence-corrected chi connectivity index (χ4v) is 1.61. The van der Waals surface area contributed by atoms with Gasteiger partial charge in [0.1, 0.15) is 5.75 Å². The molecule has 4 nitrogen and oxygen atoms in total. The first-order valence-corrected chi connectivity index (χ1v) is 6.36. The maximum atomic E-state index is 11.4. The van der Waals surface area contributed by atoms with Gasteiger partial charge in [-0.15, -0.1) is 0 Å². The van der Waals surface area contributed by atoms with Gasteiger partial charge < -0.3 is 15.4 Å². The average Bonchev–Trinajstić information content (AvgIpc) is 2.40. The maximum absolute atomic E-state index is 11.4. The maximum Gasteiger partial charge on any atom is 0.221 e. The van der Waals surface area contributed by atoms with Gasteiger partial charge in [-0.2, -0.15) is 0 Å². The van der Waals surface area contributed by atoms with Crippen LogP contribution in [0.2, 0.25) is 0 Å². The Labute approximate surface area is 109 Å². The number of carbonyl (C=O) groups excluding carboxylic acids is 1. The largest absolute Gasteiger partial charge is 0.497 e. The molecular formula is C14H22N2O2. The topological polar surface area (TPSA) is 50.4 Å². The molecule has 0 aliphatic carbocycles. The van der Waals surface area contributed by atoms with Gasteiger partial charge in [-0.05, 0) is 30.7 Å². The van der Waals surface area contributed by atoms with Crippen LogP contribution in [0, 0.1) is 0 Å². The molecule has 0 heterocycles. The summed E-state index contributed by atoms with van der Waals surface area (Å²) in [6.07, 6.45) is 1.38. The summed E-state index contributed by atoms with van der Waals surface area (Å²) in [6, 6.07) is 7.90. The molecule has 100 valence electrons. The summed E-state index contributed by atoms with van der Waals surface area (Å²) in [4.78, 5) is 11.4. The number of amides is 1. The Bertz CT molecular complexity index is 349. The lowest BCUT2D eigenvalue weighted by atomic mass is 10.1. The number of hydrogen-bond acceptors (Lipinski definition) is 3. The summed E-state index contributed by atoms with van der Waals surface area (Å²) < 4.78 is 5.09. The highest BCUT2D eigenvalue weighted by Gasteiger charge is 2.00. The van der Waals surface area contributed by atoms with E-state index in [0.717, 1.165) is 25.3 Å². The number of carbonyl (C=O) groups is 1. The van der Waals surface area contributed by atoms with Crippen molar-refractivity contribution in [1.29, 1.82) is 0 Å². The molecule has 18 heavy (non-hydrogen) atoms. The minimum absolute atomic E-state index is 0.101. The van der Waals surface area contributed by atoms with Crippen molar-refractivity contribution in [3.8, 4) is 5.75 Å². The van der Waals surface area contributed by atoms with Gasteiger partial charge in [0.05, 0.1) is 7.11 Å². The Morgan fingerprint density at radius 2 is 1.94 bits per heavy atom. The van der Waals surface area contributed by atoms with Crippen molar-refractivity contribution >= 4 is 5.91 Å². The van der Waals surface area contributed by atoms with Crippen molar-refractivity contribution in [3.63, 3.8) is 0 Å². The van der Waals surface area contributed by atoms with Crippen molar-refractivity contribution in [2.24, 2.45) is 0 Å². The third kappa shape index (κ3) is 5.68. The van der Waals surface area contributed by atoms with Gasteiger partial charge in [0, 0.05) is 19.5 Å². The van der Waals surface area contributed by atoms with Gasteiger partial charge in [-0.3, -0.25) is 4.79 Å². The van der Waals surface area contributed by atoms with Crippen LogP contribution in [-0.2, 0) is 11.2 Å². The van der Waals surface area contributed by atoms with E-state index in [-0.39, 0.29) is 5.91 Å². The summed E-state index contributed by atoms with van der Waals surface area (Å²) in [6.45, 7) is 4.35. The molecule has 0 aromatic heterocycles. The van der Waals surface area contributed by atoms with Gasteiger partial charge in [-0.25, -0.2) is 0 Å². The second-order valence-electron chi connectivity index (χ2n) is 4.05. The Balaban J connectivity index is 2.18. The third-order valence-electron chi connectivity index (χ3n) is 2.67. The highest BCUT2D eigenvalue weighted by molar-refractivity contribution is 5.76. The van der Waals surface area contributed by atoms with Crippen LogP contribution < -0.4 is 15.4 Å². The summed E-state index contributed by atoms with van der Waals surface area (Å²) in [5, 5.41) is 6.03. The third-order valence-corrected chi connectivity index (χ3v) is 2.67. The van der Waals surface area contributed by atoms with Crippen molar-refractivity contribution < 1.29 is 9.53 Å². The number of rotatable bonds is 8. The second kappa shape index (κ2) is 8.53. The van der Waals surface area contributed by atoms with Crippen LogP contribution in [-0.4, -0.2) is 32.7 Å².